The number of carbonyl (C=O) groups excluding carboxylic acids is 2. The van der Waals surface area contributed by atoms with Crippen LogP contribution in [0.25, 0.3) is 0 Å². The summed E-state index contributed by atoms with van der Waals surface area (Å²) < 4.78 is 11.9. The number of benzene rings is 2. The van der Waals surface area contributed by atoms with Gasteiger partial charge < -0.3 is 14.0 Å². The van der Waals surface area contributed by atoms with Gasteiger partial charge in [-0.2, -0.15) is 0 Å². The van der Waals surface area contributed by atoms with Gasteiger partial charge in [0.05, 0.1) is 7.11 Å². The number of aldehydes is 1. The van der Waals surface area contributed by atoms with Crippen LogP contribution in [-0.2, 0) is 18.8 Å². The number of unbranched alkanes of at least 4 members (excludes halogenated alkanes) is 1. The van der Waals surface area contributed by atoms with Gasteiger partial charge in [-0.25, -0.2) is 4.79 Å². The second-order valence-electron chi connectivity index (χ2n) is 7.89. The van der Waals surface area contributed by atoms with Crippen molar-refractivity contribution in [1.82, 2.24) is 0 Å². The number of ether oxygens (including phenoxy) is 1. The number of carbonyl (C=O) groups is 2. The van der Waals surface area contributed by atoms with E-state index in [1.165, 1.54) is 7.11 Å². The fraction of sp³-hybridized carbons (Fsp3) is 0.391. The first-order chi connectivity index (χ1) is 13.4. The van der Waals surface area contributed by atoms with E-state index in [9.17, 15) is 9.59 Å². The molecule has 2 aromatic carbocycles. The van der Waals surface area contributed by atoms with E-state index in [2.05, 4.69) is 45.0 Å². The molecule has 0 saturated heterocycles. The van der Waals surface area contributed by atoms with Gasteiger partial charge in [-0.3, -0.25) is 0 Å². The fourth-order valence-corrected chi connectivity index (χ4v) is 8.30. The molecule has 2 aromatic rings. The Balaban J connectivity index is 2.62. The largest absolute Gasteiger partial charge is 0.467 e. The number of methoxy groups -OCH3 is 1. The van der Waals surface area contributed by atoms with Crippen molar-refractivity contribution in [2.24, 2.45) is 0 Å². The molecule has 4 nitrogen and oxygen atoms in total. The van der Waals surface area contributed by atoms with Crippen molar-refractivity contribution < 1.29 is 18.8 Å². The Morgan fingerprint density at radius 3 is 1.89 bits per heavy atom. The van der Waals surface area contributed by atoms with Crippen LogP contribution >= 0.6 is 0 Å². The maximum atomic E-state index is 12.6. The molecule has 1 unspecified atom stereocenters. The zero-order valence-corrected chi connectivity index (χ0v) is 18.2. The molecular weight excluding hydrogens is 368 g/mol. The van der Waals surface area contributed by atoms with Gasteiger partial charge in [-0.15, -0.1) is 0 Å². The molecule has 150 valence electrons. The van der Waals surface area contributed by atoms with Crippen LogP contribution in [0.15, 0.2) is 60.7 Å². The Bertz CT molecular complexity index is 714. The summed E-state index contributed by atoms with van der Waals surface area (Å²) in [4.78, 5) is 23.3. The van der Waals surface area contributed by atoms with Crippen molar-refractivity contribution in [2.45, 2.75) is 51.2 Å². The number of hydrogen-bond donors (Lipinski definition) is 0. The molecule has 0 saturated carbocycles. The summed E-state index contributed by atoms with van der Waals surface area (Å²) in [5.74, 6) is -0.390. The van der Waals surface area contributed by atoms with Crippen molar-refractivity contribution in [3.05, 3.63) is 60.7 Å². The van der Waals surface area contributed by atoms with Gasteiger partial charge in [-0.05, 0) is 28.3 Å². The van der Waals surface area contributed by atoms with Crippen LogP contribution in [0.4, 0.5) is 0 Å². The molecule has 0 aromatic heterocycles. The second kappa shape index (κ2) is 9.80. The maximum Gasteiger partial charge on any atom is 0.333 e. The van der Waals surface area contributed by atoms with E-state index in [1.807, 2.05) is 36.4 Å². The molecular formula is C23H30O4Si. The predicted molar refractivity (Wildman–Crippen MR) is 114 cm³/mol. The Morgan fingerprint density at radius 1 is 1.00 bits per heavy atom. The van der Waals surface area contributed by atoms with E-state index in [-0.39, 0.29) is 11.0 Å². The third-order valence-electron chi connectivity index (χ3n) is 4.99. The van der Waals surface area contributed by atoms with Crippen molar-refractivity contribution >= 4 is 30.9 Å². The van der Waals surface area contributed by atoms with Crippen LogP contribution in [0, 0.1) is 0 Å². The quantitative estimate of drug-likeness (QED) is 0.281. The van der Waals surface area contributed by atoms with E-state index in [0.29, 0.717) is 19.3 Å². The van der Waals surface area contributed by atoms with E-state index < -0.39 is 14.4 Å². The van der Waals surface area contributed by atoms with Gasteiger partial charge in [0.15, 0.2) is 0 Å². The minimum atomic E-state index is -2.84. The van der Waals surface area contributed by atoms with Crippen LogP contribution < -0.4 is 10.4 Å². The molecule has 28 heavy (non-hydrogen) atoms. The molecule has 0 spiro atoms. The first-order valence-electron chi connectivity index (χ1n) is 9.67. The van der Waals surface area contributed by atoms with Gasteiger partial charge >= 0.3 is 5.97 Å². The second-order valence-corrected chi connectivity index (χ2v) is 12.1. The third kappa shape index (κ3) is 4.78. The first kappa shape index (κ1) is 22.1. The van der Waals surface area contributed by atoms with Crippen molar-refractivity contribution in [3.63, 3.8) is 0 Å². The van der Waals surface area contributed by atoms with E-state index >= 15 is 0 Å². The Kier molecular flexibility index (Phi) is 7.72. The molecule has 0 aliphatic carbocycles. The average molecular weight is 399 g/mol. The molecule has 5 heteroatoms. The van der Waals surface area contributed by atoms with E-state index in [1.54, 1.807) is 0 Å². The lowest BCUT2D eigenvalue weighted by molar-refractivity contribution is -0.149. The monoisotopic (exact) mass is 398 g/mol. The SMILES string of the molecule is COC(=O)C(CCCC=O)O[Si](c1ccccc1)(c1ccccc1)C(C)(C)C. The van der Waals surface area contributed by atoms with Gasteiger partial charge in [-0.1, -0.05) is 81.4 Å². The molecule has 0 bridgehead atoms. The molecule has 0 aliphatic rings. The molecule has 0 fully saturated rings. The van der Waals surface area contributed by atoms with Gasteiger partial charge in [0.1, 0.15) is 12.4 Å². The summed E-state index contributed by atoms with van der Waals surface area (Å²) in [7, 11) is -1.46. The Hall–Kier alpha value is -2.24. The summed E-state index contributed by atoms with van der Waals surface area (Å²) in [6, 6.07) is 20.4. The van der Waals surface area contributed by atoms with E-state index in [0.717, 1.165) is 16.7 Å². The van der Waals surface area contributed by atoms with Gasteiger partial charge in [0, 0.05) is 6.42 Å². The van der Waals surface area contributed by atoms with Gasteiger partial charge in [0.2, 0.25) is 0 Å². The summed E-state index contributed by atoms with van der Waals surface area (Å²) in [6.07, 6.45) is 1.60. The highest BCUT2D eigenvalue weighted by Crippen LogP contribution is 2.38. The normalized spacial score (nSPS) is 13.0. The van der Waals surface area contributed by atoms with Gasteiger partial charge in [0.25, 0.3) is 8.32 Å². The lowest BCUT2D eigenvalue weighted by Gasteiger charge is -2.44. The minimum absolute atomic E-state index is 0.230. The maximum absolute atomic E-state index is 12.6. The lowest BCUT2D eigenvalue weighted by atomic mass is 10.2. The molecule has 0 N–H and O–H groups in total. The minimum Gasteiger partial charge on any atom is -0.467 e. The fourth-order valence-electron chi connectivity index (χ4n) is 3.65. The highest BCUT2D eigenvalue weighted by Gasteiger charge is 2.52. The standard InChI is InChI=1S/C23H30O4Si/c1-23(2,3)28(19-13-7-5-8-14-19,20-15-9-6-10-16-20)27-21(22(25)26-4)17-11-12-18-24/h5-10,13-16,18,21H,11-12,17H2,1-4H3. The average Bonchev–Trinajstić information content (AvgIpc) is 2.70. The molecule has 0 radical (unpaired) electrons. The van der Waals surface area contributed by atoms with Crippen LogP contribution in [-0.4, -0.2) is 33.8 Å². The molecule has 2 rings (SSSR count). The molecule has 0 aliphatic heterocycles. The van der Waals surface area contributed by atoms with E-state index in [4.69, 9.17) is 9.16 Å². The summed E-state index contributed by atoms with van der Waals surface area (Å²) >= 11 is 0. The third-order valence-corrected chi connectivity index (χ3v) is 10.0. The molecule has 1 atom stereocenters. The Morgan fingerprint density at radius 2 is 1.50 bits per heavy atom. The predicted octanol–water partition coefficient (Wildman–Crippen LogP) is 3.47. The first-order valence-corrected chi connectivity index (χ1v) is 11.6. The molecule has 0 amide bonds. The van der Waals surface area contributed by atoms with Crippen molar-refractivity contribution in [2.75, 3.05) is 7.11 Å². The van der Waals surface area contributed by atoms with Crippen LogP contribution in [0.1, 0.15) is 40.0 Å². The highest BCUT2D eigenvalue weighted by atomic mass is 28.4. The zero-order valence-electron chi connectivity index (χ0n) is 17.2. The summed E-state index contributed by atoms with van der Waals surface area (Å²) in [6.45, 7) is 6.50. The Labute approximate surface area is 169 Å². The topological polar surface area (TPSA) is 52.6 Å². The van der Waals surface area contributed by atoms with Crippen molar-refractivity contribution in [3.8, 4) is 0 Å². The number of hydrogen-bond acceptors (Lipinski definition) is 4. The number of rotatable bonds is 9. The van der Waals surface area contributed by atoms with Crippen LogP contribution in [0.3, 0.4) is 0 Å². The zero-order chi connectivity index (χ0) is 20.6. The summed E-state index contributed by atoms with van der Waals surface area (Å²) in [5, 5.41) is 1.99. The number of esters is 1. The van der Waals surface area contributed by atoms with Crippen LogP contribution in [0.2, 0.25) is 5.04 Å². The molecule has 0 heterocycles. The smallest absolute Gasteiger partial charge is 0.333 e. The lowest BCUT2D eigenvalue weighted by Crippen LogP contribution is -2.68. The highest BCUT2D eigenvalue weighted by molar-refractivity contribution is 6.99. The van der Waals surface area contributed by atoms with Crippen molar-refractivity contribution in [1.29, 1.82) is 0 Å². The van der Waals surface area contributed by atoms with Crippen LogP contribution in [0.5, 0.6) is 0 Å². The summed E-state index contributed by atoms with van der Waals surface area (Å²) in [5.41, 5.74) is 0.